The number of hydrogen-bond acceptors (Lipinski definition) is 2. The summed E-state index contributed by atoms with van der Waals surface area (Å²) in [5.74, 6) is 0. The van der Waals surface area contributed by atoms with E-state index < -0.39 is 30.5 Å². The van der Waals surface area contributed by atoms with Gasteiger partial charge in [-0.05, 0) is 0 Å². The van der Waals surface area contributed by atoms with Crippen molar-refractivity contribution in [3.63, 3.8) is 0 Å². The van der Waals surface area contributed by atoms with Crippen molar-refractivity contribution in [1.82, 2.24) is 0 Å². The van der Waals surface area contributed by atoms with Gasteiger partial charge in [0.1, 0.15) is 0 Å². The van der Waals surface area contributed by atoms with Crippen LogP contribution in [-0.4, -0.2) is 6.29 Å². The van der Waals surface area contributed by atoms with Crippen LogP contribution in [0, 0.1) is 0 Å². The molecule has 0 rings (SSSR count). The van der Waals surface area contributed by atoms with E-state index in [0.717, 1.165) is 0 Å². The van der Waals surface area contributed by atoms with Gasteiger partial charge in [-0.2, -0.15) is 26.3 Å². The third kappa shape index (κ3) is 5.08. The van der Waals surface area contributed by atoms with Gasteiger partial charge in [-0.15, -0.1) is 8.78 Å². The van der Waals surface area contributed by atoms with E-state index in [0.29, 0.717) is 0 Å². The molecule has 0 unspecified atom stereocenters. The highest BCUT2D eigenvalue weighted by atomic mass is 19.3. The zero-order chi connectivity index (χ0) is 12.2. The number of ether oxygens (including phenoxy) is 2. The van der Waals surface area contributed by atoms with E-state index in [9.17, 15) is 35.1 Å². The fraction of sp³-hybridized carbons (Fsp3) is 0.200. The van der Waals surface area contributed by atoms with E-state index in [1.807, 2.05) is 0 Å². The van der Waals surface area contributed by atoms with Gasteiger partial charge in [0.05, 0.1) is 0 Å². The van der Waals surface area contributed by atoms with Gasteiger partial charge in [0.25, 0.3) is 0 Å². The van der Waals surface area contributed by atoms with Gasteiger partial charge < -0.3 is 9.47 Å². The first-order valence-electron chi connectivity index (χ1n) is 2.83. The molecule has 0 bridgehead atoms. The molecular weight excluding hydrogens is 244 g/mol. The van der Waals surface area contributed by atoms with Gasteiger partial charge in [-0.1, -0.05) is 0 Å². The third-order valence-corrected chi connectivity index (χ3v) is 0.714. The van der Waals surface area contributed by atoms with E-state index in [-0.39, 0.29) is 0 Å². The molecule has 0 radical (unpaired) electrons. The molecule has 0 aliphatic carbocycles. The molecule has 15 heavy (non-hydrogen) atoms. The first kappa shape index (κ1) is 13.5. The lowest BCUT2D eigenvalue weighted by Gasteiger charge is -2.13. The molecule has 10 heteroatoms. The molecule has 0 heterocycles. The predicted octanol–water partition coefficient (Wildman–Crippen LogP) is 3.64. The zero-order valence-electron chi connectivity index (χ0n) is 6.34. The summed E-state index contributed by atoms with van der Waals surface area (Å²) in [7, 11) is 0. The minimum Gasteiger partial charge on any atom is -0.367 e. The van der Waals surface area contributed by atoms with Crippen molar-refractivity contribution < 1.29 is 44.6 Å². The molecule has 0 aliphatic rings. The lowest BCUT2D eigenvalue weighted by Crippen LogP contribution is -2.23. The quantitative estimate of drug-likeness (QED) is 0.427. The molecule has 0 atom stereocenters. The zero-order valence-corrected chi connectivity index (χ0v) is 6.34. The summed E-state index contributed by atoms with van der Waals surface area (Å²) in [6.07, 6.45) is -11.9. The SMILES string of the molecule is FC(F)=C(F)OC(F)(F)OC(F)=C(F)F. The van der Waals surface area contributed by atoms with Crippen molar-refractivity contribution in [3.05, 3.63) is 24.2 Å². The second kappa shape index (κ2) is 4.84. The van der Waals surface area contributed by atoms with Gasteiger partial charge in [-0.25, -0.2) is 0 Å². The molecule has 0 aromatic rings. The van der Waals surface area contributed by atoms with Crippen molar-refractivity contribution in [1.29, 1.82) is 0 Å². The molecule has 0 saturated carbocycles. The Bertz CT molecular complexity index is 259. The lowest BCUT2D eigenvalue weighted by molar-refractivity contribution is -0.377. The van der Waals surface area contributed by atoms with Crippen LogP contribution in [0.4, 0.5) is 35.1 Å². The highest BCUT2D eigenvalue weighted by molar-refractivity contribution is 4.84. The summed E-state index contributed by atoms with van der Waals surface area (Å²) in [4.78, 5) is 0. The molecular formula is C5F8O2. The third-order valence-electron chi connectivity index (χ3n) is 0.714. The van der Waals surface area contributed by atoms with Crippen LogP contribution in [0.1, 0.15) is 0 Å². The van der Waals surface area contributed by atoms with Crippen LogP contribution in [0.3, 0.4) is 0 Å². The molecule has 0 aliphatic heterocycles. The maximum atomic E-state index is 12.0. The highest BCUT2D eigenvalue weighted by Gasteiger charge is 2.40. The van der Waals surface area contributed by atoms with E-state index in [4.69, 9.17) is 0 Å². The predicted molar refractivity (Wildman–Crippen MR) is 27.8 cm³/mol. The molecule has 88 valence electrons. The lowest BCUT2D eigenvalue weighted by atomic mass is 10.9. The first-order chi connectivity index (χ1) is 6.65. The molecule has 0 fully saturated rings. The second-order valence-corrected chi connectivity index (χ2v) is 1.74. The van der Waals surface area contributed by atoms with Crippen LogP contribution in [0.5, 0.6) is 0 Å². The average Bonchev–Trinajstić information content (AvgIpc) is 2.01. The normalized spacial score (nSPS) is 10.7. The number of rotatable bonds is 4. The molecule has 0 saturated heterocycles. The van der Waals surface area contributed by atoms with Crippen LogP contribution in [0.25, 0.3) is 0 Å². The Hall–Kier alpha value is -1.48. The number of alkyl halides is 2. The van der Waals surface area contributed by atoms with Gasteiger partial charge in [0.15, 0.2) is 0 Å². The summed E-state index contributed by atoms with van der Waals surface area (Å²) >= 11 is 0. The maximum Gasteiger partial charge on any atom is 0.589 e. The summed E-state index contributed by atoms with van der Waals surface area (Å²) in [6.45, 7) is 0. The summed E-state index contributed by atoms with van der Waals surface area (Å²) < 4.78 is 97.0. The molecule has 0 aromatic carbocycles. The monoisotopic (exact) mass is 244 g/mol. The minimum atomic E-state index is -5.32. The van der Waals surface area contributed by atoms with Crippen molar-refractivity contribution >= 4 is 0 Å². The highest BCUT2D eigenvalue weighted by Crippen LogP contribution is 2.28. The van der Waals surface area contributed by atoms with Gasteiger partial charge in [-0.3, -0.25) is 0 Å². The topological polar surface area (TPSA) is 18.5 Å². The Morgan fingerprint density at radius 3 is 1.13 bits per heavy atom. The first-order valence-corrected chi connectivity index (χ1v) is 2.83. The Balaban J connectivity index is 4.59. The molecule has 0 spiro atoms. The second-order valence-electron chi connectivity index (χ2n) is 1.74. The van der Waals surface area contributed by atoms with Crippen molar-refractivity contribution in [2.75, 3.05) is 0 Å². The number of halogens is 8. The Labute approximate surface area is 76.4 Å². The fourth-order valence-corrected chi connectivity index (χ4v) is 0.307. The largest absolute Gasteiger partial charge is 0.589 e. The molecule has 0 amide bonds. The molecule has 2 nitrogen and oxygen atoms in total. The number of hydrogen-bond donors (Lipinski definition) is 0. The smallest absolute Gasteiger partial charge is 0.367 e. The fourth-order valence-electron chi connectivity index (χ4n) is 0.307. The van der Waals surface area contributed by atoms with E-state index in [1.165, 1.54) is 0 Å². The van der Waals surface area contributed by atoms with Crippen LogP contribution in [-0.2, 0) is 9.47 Å². The minimum absolute atomic E-state index is 2.42. The van der Waals surface area contributed by atoms with Crippen molar-refractivity contribution in [3.8, 4) is 0 Å². The molecule has 0 aromatic heterocycles. The van der Waals surface area contributed by atoms with Crippen molar-refractivity contribution in [2.24, 2.45) is 0 Å². The van der Waals surface area contributed by atoms with Gasteiger partial charge >= 0.3 is 30.5 Å². The van der Waals surface area contributed by atoms with Crippen LogP contribution < -0.4 is 0 Å². The van der Waals surface area contributed by atoms with E-state index in [2.05, 4.69) is 9.47 Å². The Kier molecular flexibility index (Phi) is 4.37. The maximum absolute atomic E-state index is 12.0. The van der Waals surface area contributed by atoms with Gasteiger partial charge in [0, 0.05) is 0 Å². The van der Waals surface area contributed by atoms with E-state index >= 15 is 0 Å². The standard InChI is InChI=1S/C5F8O2/c6-1(7)3(10)14-5(12,13)15-4(11)2(8)9. The van der Waals surface area contributed by atoms with E-state index in [1.54, 1.807) is 0 Å². The van der Waals surface area contributed by atoms with Gasteiger partial charge in [0.2, 0.25) is 0 Å². The van der Waals surface area contributed by atoms with Crippen LogP contribution >= 0.6 is 0 Å². The Morgan fingerprint density at radius 1 is 0.667 bits per heavy atom. The van der Waals surface area contributed by atoms with Crippen LogP contribution in [0.2, 0.25) is 0 Å². The Morgan fingerprint density at radius 2 is 0.933 bits per heavy atom. The molecule has 0 N–H and O–H groups in total. The van der Waals surface area contributed by atoms with Crippen LogP contribution in [0.15, 0.2) is 24.2 Å². The van der Waals surface area contributed by atoms with Crippen molar-refractivity contribution in [2.45, 2.75) is 6.29 Å². The average molecular weight is 244 g/mol. The summed E-state index contributed by atoms with van der Waals surface area (Å²) in [6, 6.07) is -6.15. The summed E-state index contributed by atoms with van der Waals surface area (Å²) in [5.41, 5.74) is 0. The summed E-state index contributed by atoms with van der Waals surface area (Å²) in [5, 5.41) is 0.